The highest BCUT2D eigenvalue weighted by Crippen LogP contribution is 2.22. The molecule has 1 saturated heterocycles. The molecule has 7 nitrogen and oxygen atoms in total. The summed E-state index contributed by atoms with van der Waals surface area (Å²) in [6.07, 6.45) is -8.03. The summed E-state index contributed by atoms with van der Waals surface area (Å²) < 4.78 is 9.63. The van der Waals surface area contributed by atoms with Crippen LogP contribution in [0.5, 0.6) is 0 Å². The fourth-order valence-corrected chi connectivity index (χ4v) is 1.35. The van der Waals surface area contributed by atoms with Gasteiger partial charge in [0.2, 0.25) is 0 Å². The maximum absolute atomic E-state index is 9.36. The quantitative estimate of drug-likeness (QED) is 0.302. The number of nitrogens with two attached hydrogens (primary N) is 1. The van der Waals surface area contributed by atoms with Gasteiger partial charge in [-0.25, -0.2) is 0 Å². The number of aliphatic hydroxyl groups is 4. The van der Waals surface area contributed by atoms with Crippen LogP contribution in [0.2, 0.25) is 0 Å². The summed E-state index contributed by atoms with van der Waals surface area (Å²) in [6.45, 7) is 0. The first-order valence-electron chi connectivity index (χ1n) is 4.15. The molecule has 84 valence electrons. The summed E-state index contributed by atoms with van der Waals surface area (Å²) in [4.78, 5) is 0. The van der Waals surface area contributed by atoms with Crippen molar-refractivity contribution in [1.29, 1.82) is 0 Å². The summed E-state index contributed by atoms with van der Waals surface area (Å²) in [5.41, 5.74) is 5.10. The van der Waals surface area contributed by atoms with Gasteiger partial charge in [-0.3, -0.25) is 0 Å². The van der Waals surface area contributed by atoms with Gasteiger partial charge in [-0.05, 0) is 0 Å². The van der Waals surface area contributed by atoms with Gasteiger partial charge in [0.05, 0.1) is 0 Å². The maximum atomic E-state index is 9.36. The van der Waals surface area contributed by atoms with Gasteiger partial charge in [0.1, 0.15) is 30.6 Å². The van der Waals surface area contributed by atoms with Crippen molar-refractivity contribution in [3.05, 3.63) is 0 Å². The summed E-state index contributed by atoms with van der Waals surface area (Å²) >= 11 is 0. The Morgan fingerprint density at radius 1 is 1.21 bits per heavy atom. The topological polar surface area (TPSA) is 125 Å². The molecule has 6 N–H and O–H groups in total. The fraction of sp³-hybridized carbons (Fsp3) is 1.00. The van der Waals surface area contributed by atoms with Crippen LogP contribution in [0.25, 0.3) is 0 Å². The zero-order valence-electron chi connectivity index (χ0n) is 7.65. The number of rotatable bonds is 2. The Hall–Kier alpha value is -0.280. The lowest BCUT2D eigenvalue weighted by Crippen LogP contribution is -2.62. The number of hydrogen-bond acceptors (Lipinski definition) is 7. The van der Waals surface area contributed by atoms with Crippen molar-refractivity contribution < 1.29 is 29.9 Å². The highest BCUT2D eigenvalue weighted by atomic mass is 16.7. The molecule has 0 aliphatic carbocycles. The van der Waals surface area contributed by atoms with Gasteiger partial charge in [-0.2, -0.15) is 0 Å². The summed E-state index contributed by atoms with van der Waals surface area (Å²) in [5, 5.41) is 37.0. The summed E-state index contributed by atoms with van der Waals surface area (Å²) in [6, 6.07) is 0. The summed E-state index contributed by atoms with van der Waals surface area (Å²) in [5.74, 6) is 0. The second-order valence-electron chi connectivity index (χ2n) is 3.17. The Bertz CT molecular complexity index is 187. The molecule has 0 aromatic carbocycles. The molecule has 1 aliphatic rings. The van der Waals surface area contributed by atoms with Gasteiger partial charge in [0, 0.05) is 7.11 Å². The molecule has 14 heavy (non-hydrogen) atoms. The Morgan fingerprint density at radius 3 is 2.21 bits per heavy atom. The van der Waals surface area contributed by atoms with Crippen LogP contribution in [-0.4, -0.2) is 64.5 Å². The van der Waals surface area contributed by atoms with E-state index >= 15 is 0 Å². The molecule has 1 rings (SSSR count). The van der Waals surface area contributed by atoms with Gasteiger partial charge in [0.15, 0.2) is 6.29 Å². The van der Waals surface area contributed by atoms with E-state index in [0.717, 1.165) is 0 Å². The van der Waals surface area contributed by atoms with Gasteiger partial charge < -0.3 is 35.6 Å². The van der Waals surface area contributed by atoms with E-state index in [0.29, 0.717) is 0 Å². The van der Waals surface area contributed by atoms with Crippen molar-refractivity contribution in [1.82, 2.24) is 0 Å². The lowest BCUT2D eigenvalue weighted by molar-refractivity contribution is -0.303. The predicted molar refractivity (Wildman–Crippen MR) is 43.9 cm³/mol. The zero-order chi connectivity index (χ0) is 10.9. The largest absolute Gasteiger partial charge is 0.387 e. The van der Waals surface area contributed by atoms with Crippen LogP contribution in [0.15, 0.2) is 0 Å². The van der Waals surface area contributed by atoms with E-state index in [1.54, 1.807) is 0 Å². The maximum Gasteiger partial charge on any atom is 0.186 e. The number of aliphatic hydroxyl groups excluding tert-OH is 4. The lowest BCUT2D eigenvalue weighted by Gasteiger charge is -2.40. The van der Waals surface area contributed by atoms with Crippen LogP contribution in [0.1, 0.15) is 0 Å². The van der Waals surface area contributed by atoms with Gasteiger partial charge in [0.25, 0.3) is 0 Å². The monoisotopic (exact) mass is 209 g/mol. The van der Waals surface area contributed by atoms with Gasteiger partial charge in [-0.15, -0.1) is 0 Å². The van der Waals surface area contributed by atoms with Crippen LogP contribution < -0.4 is 5.73 Å². The SMILES string of the molecule is CO[C@H]1O[C@H]([C@H](N)O)[C@H](O)[C@H](O)[C@H]1O. The van der Waals surface area contributed by atoms with Crippen molar-refractivity contribution in [2.24, 2.45) is 5.73 Å². The van der Waals surface area contributed by atoms with Crippen molar-refractivity contribution in [2.75, 3.05) is 7.11 Å². The Labute approximate surface area is 80.7 Å². The van der Waals surface area contributed by atoms with Crippen LogP contribution in [0.4, 0.5) is 0 Å². The molecule has 6 atom stereocenters. The second kappa shape index (κ2) is 4.49. The fourth-order valence-electron chi connectivity index (χ4n) is 1.35. The standard InChI is InChI=1S/C7H15NO6/c1-13-7-4(11)2(9)3(10)5(14-7)6(8)12/h2-7,9-12H,8H2,1H3/t2-,3+,4+,5-,6+,7-/m0/s1. The van der Waals surface area contributed by atoms with E-state index in [4.69, 9.17) is 20.3 Å². The molecule has 0 amide bonds. The number of ether oxygens (including phenoxy) is 2. The molecule has 0 spiro atoms. The van der Waals surface area contributed by atoms with Crippen LogP contribution in [-0.2, 0) is 9.47 Å². The molecule has 7 heteroatoms. The van der Waals surface area contributed by atoms with Crippen molar-refractivity contribution in [3.8, 4) is 0 Å². The van der Waals surface area contributed by atoms with Crippen LogP contribution >= 0.6 is 0 Å². The van der Waals surface area contributed by atoms with E-state index < -0.39 is 36.9 Å². The molecular weight excluding hydrogens is 194 g/mol. The summed E-state index contributed by atoms with van der Waals surface area (Å²) in [7, 11) is 1.26. The Kier molecular flexibility index (Phi) is 3.78. The highest BCUT2D eigenvalue weighted by molar-refractivity contribution is 4.90. The van der Waals surface area contributed by atoms with E-state index in [9.17, 15) is 15.3 Å². The predicted octanol–water partition coefficient (Wildman–Crippen LogP) is -3.28. The molecule has 1 fully saturated rings. The average Bonchev–Trinajstić information content (AvgIpc) is 2.14. The van der Waals surface area contributed by atoms with Gasteiger partial charge in [-0.1, -0.05) is 0 Å². The third-order valence-electron chi connectivity index (χ3n) is 2.18. The molecule has 0 saturated carbocycles. The second-order valence-corrected chi connectivity index (χ2v) is 3.17. The third kappa shape index (κ3) is 2.04. The molecule has 0 bridgehead atoms. The zero-order valence-corrected chi connectivity index (χ0v) is 7.65. The minimum Gasteiger partial charge on any atom is -0.387 e. The molecule has 0 aromatic rings. The van der Waals surface area contributed by atoms with E-state index in [1.165, 1.54) is 7.11 Å². The van der Waals surface area contributed by atoms with E-state index in [2.05, 4.69) is 0 Å². The number of hydrogen-bond donors (Lipinski definition) is 5. The first-order chi connectivity index (χ1) is 6.49. The highest BCUT2D eigenvalue weighted by Gasteiger charge is 2.45. The lowest BCUT2D eigenvalue weighted by atomic mass is 9.98. The first-order valence-corrected chi connectivity index (χ1v) is 4.15. The normalized spacial score (nSPS) is 46.3. The van der Waals surface area contributed by atoms with E-state index in [-0.39, 0.29) is 0 Å². The van der Waals surface area contributed by atoms with Gasteiger partial charge >= 0.3 is 0 Å². The van der Waals surface area contributed by atoms with Crippen molar-refractivity contribution in [2.45, 2.75) is 36.9 Å². The van der Waals surface area contributed by atoms with Crippen LogP contribution in [0.3, 0.4) is 0 Å². The minimum atomic E-state index is -1.46. The third-order valence-corrected chi connectivity index (χ3v) is 2.18. The smallest absolute Gasteiger partial charge is 0.186 e. The molecule has 0 aromatic heterocycles. The van der Waals surface area contributed by atoms with Crippen molar-refractivity contribution in [3.63, 3.8) is 0 Å². The molecular formula is C7H15NO6. The molecule has 1 heterocycles. The Balaban J connectivity index is 2.73. The molecule has 0 radical (unpaired) electrons. The van der Waals surface area contributed by atoms with E-state index in [1.807, 2.05) is 0 Å². The number of methoxy groups -OCH3 is 1. The van der Waals surface area contributed by atoms with Crippen LogP contribution in [0, 0.1) is 0 Å². The Morgan fingerprint density at radius 2 is 1.79 bits per heavy atom. The first kappa shape index (κ1) is 11.8. The minimum absolute atomic E-state index is 1.11. The molecule has 0 unspecified atom stereocenters. The van der Waals surface area contributed by atoms with Crippen molar-refractivity contribution >= 4 is 0 Å². The molecule has 1 aliphatic heterocycles. The average molecular weight is 209 g/mol.